The summed E-state index contributed by atoms with van der Waals surface area (Å²) in [7, 11) is 0. The van der Waals surface area contributed by atoms with Gasteiger partial charge in [-0.1, -0.05) is 25.1 Å². The van der Waals surface area contributed by atoms with Crippen molar-refractivity contribution in [1.29, 1.82) is 5.26 Å². The molecular formula is C14H15N. The Hall–Kier alpha value is -1.55. The Morgan fingerprint density at radius 3 is 2.80 bits per heavy atom. The molecule has 0 bridgehead atoms. The molecule has 0 aromatic heterocycles. The average Bonchev–Trinajstić information content (AvgIpc) is 3.10. The molecule has 0 radical (unpaired) electrons. The lowest BCUT2D eigenvalue weighted by molar-refractivity contribution is 0.923. The van der Waals surface area contributed by atoms with E-state index in [2.05, 4.69) is 25.6 Å². The summed E-state index contributed by atoms with van der Waals surface area (Å²) in [5, 5.41) is 9.10. The van der Waals surface area contributed by atoms with Crippen molar-refractivity contribution in [2.45, 2.75) is 31.6 Å². The van der Waals surface area contributed by atoms with E-state index in [1.807, 2.05) is 18.2 Å². The highest BCUT2D eigenvalue weighted by molar-refractivity contribution is 5.48. The van der Waals surface area contributed by atoms with Gasteiger partial charge in [0.05, 0.1) is 11.6 Å². The van der Waals surface area contributed by atoms with Gasteiger partial charge in [0.15, 0.2) is 0 Å². The lowest BCUT2D eigenvalue weighted by atomic mass is 9.90. The number of nitriles is 1. The molecule has 1 aliphatic rings. The predicted octanol–water partition coefficient (Wildman–Crippen LogP) is 3.73. The van der Waals surface area contributed by atoms with Crippen molar-refractivity contribution in [3.63, 3.8) is 0 Å². The molecule has 76 valence electrons. The van der Waals surface area contributed by atoms with E-state index in [1.165, 1.54) is 24.0 Å². The smallest absolute Gasteiger partial charge is 0.0994 e. The Labute approximate surface area is 91.0 Å². The molecule has 1 fully saturated rings. The Kier molecular flexibility index (Phi) is 2.60. The van der Waals surface area contributed by atoms with Crippen LogP contribution in [-0.4, -0.2) is 0 Å². The molecule has 1 aliphatic carbocycles. The molecule has 1 aromatic carbocycles. The van der Waals surface area contributed by atoms with Crippen LogP contribution in [0.3, 0.4) is 0 Å². The Balaban J connectivity index is 2.53. The third-order valence-corrected chi connectivity index (χ3v) is 3.09. The summed E-state index contributed by atoms with van der Waals surface area (Å²) in [4.78, 5) is 0. The SMILES string of the molecule is C=CC(C)c1cccc(C#N)c1C1CC1. The second-order valence-corrected chi connectivity index (χ2v) is 4.22. The maximum Gasteiger partial charge on any atom is 0.0994 e. The maximum atomic E-state index is 9.10. The van der Waals surface area contributed by atoms with Gasteiger partial charge in [-0.3, -0.25) is 0 Å². The number of hydrogen-bond donors (Lipinski definition) is 0. The highest BCUT2D eigenvalue weighted by Gasteiger charge is 2.29. The highest BCUT2D eigenvalue weighted by atomic mass is 14.3. The van der Waals surface area contributed by atoms with E-state index in [4.69, 9.17) is 5.26 Å². The van der Waals surface area contributed by atoms with E-state index in [-0.39, 0.29) is 0 Å². The van der Waals surface area contributed by atoms with Crippen molar-refractivity contribution in [3.05, 3.63) is 47.5 Å². The summed E-state index contributed by atoms with van der Waals surface area (Å²) >= 11 is 0. The molecule has 0 saturated heterocycles. The zero-order chi connectivity index (χ0) is 10.8. The molecule has 1 nitrogen and oxygen atoms in total. The van der Waals surface area contributed by atoms with Crippen LogP contribution in [-0.2, 0) is 0 Å². The minimum atomic E-state index is 0.342. The Morgan fingerprint density at radius 2 is 2.27 bits per heavy atom. The second kappa shape index (κ2) is 3.90. The fraction of sp³-hybridized carbons (Fsp3) is 0.357. The van der Waals surface area contributed by atoms with Crippen molar-refractivity contribution in [1.82, 2.24) is 0 Å². The third-order valence-electron chi connectivity index (χ3n) is 3.09. The van der Waals surface area contributed by atoms with Crippen molar-refractivity contribution in [2.24, 2.45) is 0 Å². The quantitative estimate of drug-likeness (QED) is 0.677. The van der Waals surface area contributed by atoms with Crippen LogP contribution >= 0.6 is 0 Å². The molecule has 15 heavy (non-hydrogen) atoms. The zero-order valence-electron chi connectivity index (χ0n) is 9.03. The van der Waals surface area contributed by atoms with Crippen LogP contribution in [0.25, 0.3) is 0 Å². The molecule has 0 heterocycles. The number of rotatable bonds is 3. The first-order valence-corrected chi connectivity index (χ1v) is 5.43. The zero-order valence-corrected chi connectivity index (χ0v) is 9.03. The molecular weight excluding hydrogens is 182 g/mol. The molecule has 1 unspecified atom stereocenters. The molecule has 2 rings (SSSR count). The van der Waals surface area contributed by atoms with Crippen LogP contribution in [0.5, 0.6) is 0 Å². The predicted molar refractivity (Wildman–Crippen MR) is 61.7 cm³/mol. The Morgan fingerprint density at radius 1 is 1.53 bits per heavy atom. The molecule has 0 aliphatic heterocycles. The normalized spacial score (nSPS) is 16.8. The Bertz CT molecular complexity index is 421. The monoisotopic (exact) mass is 197 g/mol. The van der Waals surface area contributed by atoms with Crippen molar-refractivity contribution in [2.75, 3.05) is 0 Å². The van der Waals surface area contributed by atoms with Gasteiger partial charge in [-0.25, -0.2) is 0 Å². The summed E-state index contributed by atoms with van der Waals surface area (Å²) in [5.74, 6) is 0.965. The van der Waals surface area contributed by atoms with Crippen LogP contribution in [0.2, 0.25) is 0 Å². The number of nitrogens with zero attached hydrogens (tertiary/aromatic N) is 1. The van der Waals surface area contributed by atoms with Crippen LogP contribution in [0.1, 0.15) is 48.3 Å². The summed E-state index contributed by atoms with van der Waals surface area (Å²) in [6.45, 7) is 5.96. The van der Waals surface area contributed by atoms with E-state index in [9.17, 15) is 0 Å². The minimum Gasteiger partial charge on any atom is -0.192 e. The first-order chi connectivity index (χ1) is 7.27. The van der Waals surface area contributed by atoms with Crippen LogP contribution in [0, 0.1) is 11.3 Å². The van der Waals surface area contributed by atoms with Gasteiger partial charge in [0, 0.05) is 0 Å². The second-order valence-electron chi connectivity index (χ2n) is 4.22. The van der Waals surface area contributed by atoms with E-state index < -0.39 is 0 Å². The van der Waals surface area contributed by atoms with Gasteiger partial charge in [-0.15, -0.1) is 6.58 Å². The van der Waals surface area contributed by atoms with E-state index in [0.717, 1.165) is 5.56 Å². The van der Waals surface area contributed by atoms with Crippen LogP contribution in [0.15, 0.2) is 30.9 Å². The fourth-order valence-corrected chi connectivity index (χ4v) is 2.03. The van der Waals surface area contributed by atoms with Gasteiger partial charge in [0.25, 0.3) is 0 Å². The van der Waals surface area contributed by atoms with Crippen LogP contribution < -0.4 is 0 Å². The van der Waals surface area contributed by atoms with Gasteiger partial charge in [0.1, 0.15) is 0 Å². The topological polar surface area (TPSA) is 23.8 Å². The van der Waals surface area contributed by atoms with Gasteiger partial charge in [0.2, 0.25) is 0 Å². The largest absolute Gasteiger partial charge is 0.192 e. The summed E-state index contributed by atoms with van der Waals surface area (Å²) < 4.78 is 0. The molecule has 1 aromatic rings. The molecule has 0 spiro atoms. The minimum absolute atomic E-state index is 0.342. The van der Waals surface area contributed by atoms with Crippen molar-refractivity contribution < 1.29 is 0 Å². The van der Waals surface area contributed by atoms with Gasteiger partial charge in [-0.05, 0) is 41.9 Å². The summed E-state index contributed by atoms with van der Waals surface area (Å²) in [6.07, 6.45) is 4.41. The summed E-state index contributed by atoms with van der Waals surface area (Å²) in [5.41, 5.74) is 3.41. The lowest BCUT2D eigenvalue weighted by Gasteiger charge is -2.14. The third kappa shape index (κ3) is 1.80. The maximum absolute atomic E-state index is 9.10. The number of benzene rings is 1. The molecule has 0 amide bonds. The number of allylic oxidation sites excluding steroid dienone is 1. The first-order valence-electron chi connectivity index (χ1n) is 5.43. The van der Waals surface area contributed by atoms with Gasteiger partial charge in [-0.2, -0.15) is 5.26 Å². The molecule has 1 atom stereocenters. The standard InChI is InChI=1S/C14H15N/c1-3-10(2)13-6-4-5-12(9-15)14(13)11-7-8-11/h3-6,10-11H,1,7-8H2,2H3. The van der Waals surface area contributed by atoms with E-state index >= 15 is 0 Å². The molecule has 1 heteroatoms. The average molecular weight is 197 g/mol. The van der Waals surface area contributed by atoms with Gasteiger partial charge >= 0.3 is 0 Å². The highest BCUT2D eigenvalue weighted by Crippen LogP contribution is 2.44. The van der Waals surface area contributed by atoms with Crippen LogP contribution in [0.4, 0.5) is 0 Å². The van der Waals surface area contributed by atoms with E-state index in [0.29, 0.717) is 11.8 Å². The number of hydrogen-bond acceptors (Lipinski definition) is 1. The van der Waals surface area contributed by atoms with Crippen molar-refractivity contribution >= 4 is 0 Å². The summed E-state index contributed by atoms with van der Waals surface area (Å²) in [6, 6.07) is 8.32. The fourth-order valence-electron chi connectivity index (χ4n) is 2.03. The lowest BCUT2D eigenvalue weighted by Crippen LogP contribution is -1.98. The first kappa shape index (κ1) is 9.98. The molecule has 1 saturated carbocycles. The van der Waals surface area contributed by atoms with Gasteiger partial charge < -0.3 is 0 Å². The van der Waals surface area contributed by atoms with E-state index in [1.54, 1.807) is 0 Å². The van der Waals surface area contributed by atoms with Crippen molar-refractivity contribution in [3.8, 4) is 6.07 Å². The molecule has 0 N–H and O–H groups in total.